The first-order valence-corrected chi connectivity index (χ1v) is 6.27. The van der Waals surface area contributed by atoms with Gasteiger partial charge in [0.15, 0.2) is 0 Å². The molecule has 1 aromatic carbocycles. The highest BCUT2D eigenvalue weighted by Gasteiger charge is 2.14. The number of halogens is 1. The predicted molar refractivity (Wildman–Crippen MR) is 76.4 cm³/mol. The zero-order chi connectivity index (χ0) is 14.5. The highest BCUT2D eigenvalue weighted by Crippen LogP contribution is 2.22. The van der Waals surface area contributed by atoms with Crippen molar-refractivity contribution in [3.05, 3.63) is 34.9 Å². The van der Waals surface area contributed by atoms with E-state index in [0.717, 1.165) is 0 Å². The van der Waals surface area contributed by atoms with Crippen molar-refractivity contribution in [2.24, 2.45) is 0 Å². The van der Waals surface area contributed by atoms with Crippen LogP contribution in [0.1, 0.15) is 26.3 Å². The highest BCUT2D eigenvalue weighted by atomic mass is 35.5. The number of hydrogen-bond donors (Lipinski definition) is 2. The van der Waals surface area contributed by atoms with Gasteiger partial charge in [-0.1, -0.05) is 23.8 Å². The Balaban J connectivity index is 2.47. The number of ether oxygens (including phenoxy) is 1. The Labute approximate surface area is 118 Å². The van der Waals surface area contributed by atoms with Gasteiger partial charge in [0.05, 0.1) is 0 Å². The van der Waals surface area contributed by atoms with Gasteiger partial charge in [0.1, 0.15) is 11.4 Å². The summed E-state index contributed by atoms with van der Waals surface area (Å²) < 4.78 is 5.08. The molecular weight excluding hydrogens is 266 g/mol. The third-order valence-electron chi connectivity index (χ3n) is 2.05. The molecule has 4 nitrogen and oxygen atoms in total. The van der Waals surface area contributed by atoms with Crippen molar-refractivity contribution >= 4 is 23.8 Å². The van der Waals surface area contributed by atoms with Crippen molar-refractivity contribution in [1.82, 2.24) is 5.32 Å². The summed E-state index contributed by atoms with van der Waals surface area (Å²) in [5, 5.41) is 12.7. The van der Waals surface area contributed by atoms with Crippen molar-refractivity contribution in [2.45, 2.75) is 26.4 Å². The lowest BCUT2D eigenvalue weighted by molar-refractivity contribution is 0.0534. The smallest absolute Gasteiger partial charge is 0.407 e. The molecule has 19 heavy (non-hydrogen) atoms. The van der Waals surface area contributed by atoms with Gasteiger partial charge in [0, 0.05) is 17.1 Å². The minimum Gasteiger partial charge on any atom is -0.507 e. The first kappa shape index (κ1) is 15.4. The molecule has 0 aliphatic heterocycles. The second-order valence-corrected chi connectivity index (χ2v) is 5.42. The molecule has 104 valence electrons. The minimum absolute atomic E-state index is 0.137. The lowest BCUT2D eigenvalue weighted by atomic mass is 10.2. The Morgan fingerprint density at radius 3 is 2.79 bits per heavy atom. The van der Waals surface area contributed by atoms with Crippen LogP contribution in [0.15, 0.2) is 24.3 Å². The van der Waals surface area contributed by atoms with Crippen molar-refractivity contribution in [2.75, 3.05) is 6.54 Å². The maximum absolute atomic E-state index is 11.4. The van der Waals surface area contributed by atoms with E-state index in [1.54, 1.807) is 45.1 Å². The molecule has 0 aliphatic carbocycles. The zero-order valence-electron chi connectivity index (χ0n) is 11.2. The molecular formula is C14H18ClNO3. The van der Waals surface area contributed by atoms with Crippen molar-refractivity contribution in [1.29, 1.82) is 0 Å². The summed E-state index contributed by atoms with van der Waals surface area (Å²) in [7, 11) is 0. The van der Waals surface area contributed by atoms with Crippen LogP contribution in [0.3, 0.4) is 0 Å². The van der Waals surface area contributed by atoms with Gasteiger partial charge in [-0.25, -0.2) is 4.79 Å². The van der Waals surface area contributed by atoms with Crippen LogP contribution in [-0.4, -0.2) is 23.3 Å². The van der Waals surface area contributed by atoms with E-state index in [9.17, 15) is 9.90 Å². The average Bonchev–Trinajstić information content (AvgIpc) is 2.26. The quantitative estimate of drug-likeness (QED) is 0.891. The van der Waals surface area contributed by atoms with Gasteiger partial charge in [-0.15, -0.1) is 0 Å². The number of rotatable bonds is 3. The molecule has 0 saturated heterocycles. The van der Waals surface area contributed by atoms with Crippen LogP contribution in [0.4, 0.5) is 4.79 Å². The van der Waals surface area contributed by atoms with Gasteiger partial charge < -0.3 is 15.2 Å². The van der Waals surface area contributed by atoms with E-state index >= 15 is 0 Å². The number of hydrogen-bond acceptors (Lipinski definition) is 3. The second-order valence-electron chi connectivity index (χ2n) is 4.99. The second kappa shape index (κ2) is 6.48. The average molecular weight is 284 g/mol. The Bertz CT molecular complexity index is 478. The van der Waals surface area contributed by atoms with Gasteiger partial charge in [-0.3, -0.25) is 0 Å². The zero-order valence-corrected chi connectivity index (χ0v) is 12.0. The SMILES string of the molecule is CC(C)(C)OC(=O)NCC=Cc1cc(Cl)ccc1O. The lowest BCUT2D eigenvalue weighted by Crippen LogP contribution is -2.32. The number of alkyl carbamates (subject to hydrolysis) is 1. The third-order valence-corrected chi connectivity index (χ3v) is 2.29. The summed E-state index contributed by atoms with van der Waals surface area (Å²) in [5.41, 5.74) is 0.0810. The topological polar surface area (TPSA) is 58.6 Å². The van der Waals surface area contributed by atoms with Gasteiger partial charge >= 0.3 is 6.09 Å². The number of carbonyl (C=O) groups is 1. The Morgan fingerprint density at radius 1 is 1.47 bits per heavy atom. The summed E-state index contributed by atoms with van der Waals surface area (Å²) in [5.74, 6) is 0.137. The number of amides is 1. The number of phenolic OH excluding ortho intramolecular Hbond substituents is 1. The lowest BCUT2D eigenvalue weighted by Gasteiger charge is -2.19. The number of aromatic hydroxyl groups is 1. The molecule has 1 aromatic rings. The molecule has 2 N–H and O–H groups in total. The molecule has 0 aromatic heterocycles. The maximum atomic E-state index is 11.4. The van der Waals surface area contributed by atoms with E-state index in [1.165, 1.54) is 6.07 Å². The molecule has 0 aliphatic rings. The van der Waals surface area contributed by atoms with Crippen LogP contribution in [0.25, 0.3) is 6.08 Å². The molecule has 0 fully saturated rings. The Morgan fingerprint density at radius 2 is 2.16 bits per heavy atom. The molecule has 1 amide bonds. The van der Waals surface area contributed by atoms with Crippen LogP contribution >= 0.6 is 11.6 Å². The summed E-state index contributed by atoms with van der Waals surface area (Å²) in [6.45, 7) is 5.70. The van der Waals surface area contributed by atoms with Crippen LogP contribution in [-0.2, 0) is 4.74 Å². The van der Waals surface area contributed by atoms with E-state index < -0.39 is 11.7 Å². The normalized spacial score (nSPS) is 11.6. The van der Waals surface area contributed by atoms with Crippen LogP contribution < -0.4 is 5.32 Å². The fourth-order valence-electron chi connectivity index (χ4n) is 1.30. The molecule has 0 atom stereocenters. The van der Waals surface area contributed by atoms with Gasteiger partial charge in [-0.05, 0) is 39.0 Å². The third kappa shape index (κ3) is 6.15. The number of phenols is 1. The minimum atomic E-state index is -0.515. The number of carbonyl (C=O) groups excluding carboxylic acids is 1. The van der Waals surface area contributed by atoms with Crippen molar-refractivity contribution < 1.29 is 14.6 Å². The summed E-state index contributed by atoms with van der Waals surface area (Å²) in [6.07, 6.45) is 2.90. The summed E-state index contributed by atoms with van der Waals surface area (Å²) in [6, 6.07) is 4.76. The monoisotopic (exact) mass is 283 g/mol. The van der Waals surface area contributed by atoms with Crippen LogP contribution in [0.2, 0.25) is 5.02 Å². The van der Waals surface area contributed by atoms with E-state index in [2.05, 4.69) is 5.32 Å². The molecule has 5 heteroatoms. The molecule has 0 spiro atoms. The fourth-order valence-corrected chi connectivity index (χ4v) is 1.48. The van der Waals surface area contributed by atoms with Crippen LogP contribution in [0, 0.1) is 0 Å². The highest BCUT2D eigenvalue weighted by molar-refractivity contribution is 6.30. The summed E-state index contributed by atoms with van der Waals surface area (Å²) >= 11 is 5.82. The fraction of sp³-hybridized carbons (Fsp3) is 0.357. The first-order valence-electron chi connectivity index (χ1n) is 5.90. The Kier molecular flexibility index (Phi) is 5.24. The molecule has 1 rings (SSSR count). The molecule has 0 heterocycles. The van der Waals surface area contributed by atoms with Crippen molar-refractivity contribution in [3.8, 4) is 5.75 Å². The first-order chi connectivity index (χ1) is 8.78. The van der Waals surface area contributed by atoms with Crippen LogP contribution in [0.5, 0.6) is 5.75 Å². The van der Waals surface area contributed by atoms with E-state index in [0.29, 0.717) is 17.1 Å². The Hall–Kier alpha value is -1.68. The van der Waals surface area contributed by atoms with Gasteiger partial charge in [0.25, 0.3) is 0 Å². The maximum Gasteiger partial charge on any atom is 0.407 e. The number of benzene rings is 1. The predicted octanol–water partition coefficient (Wildman–Crippen LogP) is 3.58. The van der Waals surface area contributed by atoms with Gasteiger partial charge in [-0.2, -0.15) is 0 Å². The summed E-state index contributed by atoms with van der Waals surface area (Å²) in [4.78, 5) is 11.4. The molecule has 0 unspecified atom stereocenters. The van der Waals surface area contributed by atoms with Gasteiger partial charge in [0.2, 0.25) is 0 Å². The number of nitrogens with one attached hydrogen (secondary N) is 1. The molecule has 0 radical (unpaired) electrons. The van der Waals surface area contributed by atoms with E-state index in [1.807, 2.05) is 0 Å². The van der Waals surface area contributed by atoms with E-state index in [4.69, 9.17) is 16.3 Å². The molecule has 0 saturated carbocycles. The van der Waals surface area contributed by atoms with Crippen molar-refractivity contribution in [3.63, 3.8) is 0 Å². The standard InChI is InChI=1S/C14H18ClNO3/c1-14(2,3)19-13(18)16-8-4-5-10-9-11(15)6-7-12(10)17/h4-7,9,17H,8H2,1-3H3,(H,16,18). The molecule has 0 bridgehead atoms. The largest absolute Gasteiger partial charge is 0.507 e. The van der Waals surface area contributed by atoms with E-state index in [-0.39, 0.29) is 5.75 Å².